The zero-order chi connectivity index (χ0) is 16.9. The Bertz CT molecular complexity index is 827. The average molecular weight is 383 g/mol. The third kappa shape index (κ3) is 4.38. The SMILES string of the molecule is Fc1ccc(COc2ccc(Cl)cc2CNc2nccs2)c(Cl)c1. The second-order valence-electron chi connectivity index (χ2n) is 4.97. The molecular weight excluding hydrogens is 370 g/mol. The number of nitrogens with zero attached hydrogens (tertiary/aromatic N) is 1. The lowest BCUT2D eigenvalue weighted by Gasteiger charge is -2.13. The summed E-state index contributed by atoms with van der Waals surface area (Å²) >= 11 is 13.6. The first-order chi connectivity index (χ1) is 11.6. The van der Waals surface area contributed by atoms with Gasteiger partial charge in [-0.2, -0.15) is 0 Å². The highest BCUT2D eigenvalue weighted by Gasteiger charge is 2.08. The summed E-state index contributed by atoms with van der Waals surface area (Å²) < 4.78 is 18.9. The van der Waals surface area contributed by atoms with Crippen LogP contribution in [0.15, 0.2) is 48.0 Å². The van der Waals surface area contributed by atoms with Crippen LogP contribution < -0.4 is 10.1 Å². The number of halogens is 3. The van der Waals surface area contributed by atoms with Crippen molar-refractivity contribution in [3.63, 3.8) is 0 Å². The molecule has 3 rings (SSSR count). The fraction of sp³-hybridized carbons (Fsp3) is 0.118. The summed E-state index contributed by atoms with van der Waals surface area (Å²) in [5, 5.41) is 6.90. The maximum atomic E-state index is 13.1. The lowest BCUT2D eigenvalue weighted by atomic mass is 10.2. The van der Waals surface area contributed by atoms with E-state index in [2.05, 4.69) is 10.3 Å². The third-order valence-electron chi connectivity index (χ3n) is 3.28. The lowest BCUT2D eigenvalue weighted by molar-refractivity contribution is 0.303. The molecule has 0 bridgehead atoms. The molecule has 24 heavy (non-hydrogen) atoms. The average Bonchev–Trinajstić information content (AvgIpc) is 3.07. The Kier molecular flexibility index (Phi) is 5.56. The summed E-state index contributed by atoms with van der Waals surface area (Å²) in [6, 6.07) is 9.64. The first-order valence-electron chi connectivity index (χ1n) is 7.10. The molecule has 1 heterocycles. The van der Waals surface area contributed by atoms with E-state index in [1.165, 1.54) is 23.5 Å². The number of benzene rings is 2. The number of anilines is 1. The summed E-state index contributed by atoms with van der Waals surface area (Å²) in [5.41, 5.74) is 1.61. The van der Waals surface area contributed by atoms with Crippen molar-refractivity contribution >= 4 is 39.7 Å². The molecule has 1 N–H and O–H groups in total. The molecule has 1 aromatic heterocycles. The van der Waals surface area contributed by atoms with Gasteiger partial charge in [0.05, 0.1) is 5.02 Å². The summed E-state index contributed by atoms with van der Waals surface area (Å²) in [6.45, 7) is 0.769. The van der Waals surface area contributed by atoms with Gasteiger partial charge in [-0.1, -0.05) is 29.3 Å². The normalized spacial score (nSPS) is 10.6. The monoisotopic (exact) mass is 382 g/mol. The molecule has 0 fully saturated rings. The van der Waals surface area contributed by atoms with E-state index in [9.17, 15) is 4.39 Å². The molecule has 0 aliphatic carbocycles. The molecule has 0 radical (unpaired) electrons. The van der Waals surface area contributed by atoms with Gasteiger partial charge in [-0.15, -0.1) is 11.3 Å². The van der Waals surface area contributed by atoms with E-state index in [4.69, 9.17) is 27.9 Å². The van der Waals surface area contributed by atoms with Gasteiger partial charge in [0.15, 0.2) is 5.13 Å². The highest BCUT2D eigenvalue weighted by Crippen LogP contribution is 2.26. The fourth-order valence-corrected chi connectivity index (χ4v) is 3.05. The standard InChI is InChI=1S/C17H13Cl2FN2OS/c18-13-2-4-16(12(7-13)9-22-17-21-5-6-24-17)23-10-11-1-3-14(20)8-15(11)19/h1-8H,9-10H2,(H,21,22). The minimum atomic E-state index is -0.372. The number of aromatic nitrogens is 1. The number of nitrogens with one attached hydrogen (secondary N) is 1. The van der Waals surface area contributed by atoms with Crippen molar-refractivity contribution in [1.82, 2.24) is 4.98 Å². The molecule has 0 atom stereocenters. The Balaban J connectivity index is 1.72. The van der Waals surface area contributed by atoms with E-state index in [0.717, 1.165) is 10.7 Å². The van der Waals surface area contributed by atoms with Gasteiger partial charge in [-0.05, 0) is 30.3 Å². The van der Waals surface area contributed by atoms with Crippen LogP contribution in [-0.2, 0) is 13.2 Å². The number of rotatable bonds is 6. The predicted octanol–water partition coefficient (Wildman–Crippen LogP) is 5.78. The summed E-state index contributed by atoms with van der Waals surface area (Å²) in [7, 11) is 0. The van der Waals surface area contributed by atoms with E-state index in [-0.39, 0.29) is 12.4 Å². The second kappa shape index (κ2) is 7.83. The van der Waals surface area contributed by atoms with Crippen molar-refractivity contribution in [2.45, 2.75) is 13.2 Å². The molecule has 7 heteroatoms. The molecule has 3 nitrogen and oxygen atoms in total. The minimum Gasteiger partial charge on any atom is -0.488 e. The number of thiazole rings is 1. The minimum absolute atomic E-state index is 0.241. The maximum absolute atomic E-state index is 13.1. The smallest absolute Gasteiger partial charge is 0.182 e. The maximum Gasteiger partial charge on any atom is 0.182 e. The van der Waals surface area contributed by atoms with Crippen molar-refractivity contribution in [2.75, 3.05) is 5.32 Å². The zero-order valence-electron chi connectivity index (χ0n) is 12.4. The quantitative estimate of drug-likeness (QED) is 0.586. The fourth-order valence-electron chi connectivity index (χ4n) is 2.10. The molecular formula is C17H13Cl2FN2OS. The Labute approximate surface area is 153 Å². The van der Waals surface area contributed by atoms with Gasteiger partial charge in [-0.25, -0.2) is 9.37 Å². The summed E-state index contributed by atoms with van der Waals surface area (Å²) in [4.78, 5) is 4.18. The predicted molar refractivity (Wildman–Crippen MR) is 96.6 cm³/mol. The first kappa shape index (κ1) is 17.0. The zero-order valence-corrected chi connectivity index (χ0v) is 14.8. The molecule has 0 aliphatic rings. The molecule has 0 saturated carbocycles. The van der Waals surface area contributed by atoms with Crippen molar-refractivity contribution in [1.29, 1.82) is 0 Å². The molecule has 0 saturated heterocycles. The van der Waals surface area contributed by atoms with Gasteiger partial charge < -0.3 is 10.1 Å². The van der Waals surface area contributed by atoms with Gasteiger partial charge in [-0.3, -0.25) is 0 Å². The lowest BCUT2D eigenvalue weighted by Crippen LogP contribution is -2.04. The summed E-state index contributed by atoms with van der Waals surface area (Å²) in [6.07, 6.45) is 1.74. The van der Waals surface area contributed by atoms with E-state index >= 15 is 0 Å². The highest BCUT2D eigenvalue weighted by atomic mass is 35.5. The third-order valence-corrected chi connectivity index (χ3v) is 4.60. The highest BCUT2D eigenvalue weighted by molar-refractivity contribution is 7.13. The van der Waals surface area contributed by atoms with Crippen LogP contribution in [-0.4, -0.2) is 4.98 Å². The first-order valence-corrected chi connectivity index (χ1v) is 8.74. The van der Waals surface area contributed by atoms with Crippen molar-refractivity contribution in [2.24, 2.45) is 0 Å². The molecule has 0 spiro atoms. The Morgan fingerprint density at radius 3 is 2.75 bits per heavy atom. The van der Waals surface area contributed by atoms with Crippen LogP contribution in [0.4, 0.5) is 9.52 Å². The number of hydrogen-bond acceptors (Lipinski definition) is 4. The second-order valence-corrected chi connectivity index (χ2v) is 6.71. The van der Waals surface area contributed by atoms with Crippen LogP contribution >= 0.6 is 34.5 Å². The Morgan fingerprint density at radius 1 is 1.12 bits per heavy atom. The van der Waals surface area contributed by atoms with Gasteiger partial charge in [0, 0.05) is 34.3 Å². The van der Waals surface area contributed by atoms with E-state index in [1.807, 2.05) is 11.4 Å². The molecule has 2 aromatic carbocycles. The van der Waals surface area contributed by atoms with Crippen molar-refractivity contribution in [3.05, 3.63) is 75.0 Å². The molecule has 0 aliphatic heterocycles. The molecule has 3 aromatic rings. The van der Waals surface area contributed by atoms with Crippen LogP contribution in [0.1, 0.15) is 11.1 Å². The Hall–Kier alpha value is -1.82. The topological polar surface area (TPSA) is 34.1 Å². The van der Waals surface area contributed by atoms with Crippen LogP contribution in [0.2, 0.25) is 10.0 Å². The number of hydrogen-bond donors (Lipinski definition) is 1. The Morgan fingerprint density at radius 2 is 2.00 bits per heavy atom. The van der Waals surface area contributed by atoms with Crippen LogP contribution in [0.5, 0.6) is 5.75 Å². The van der Waals surface area contributed by atoms with Crippen LogP contribution in [0.3, 0.4) is 0 Å². The number of ether oxygens (including phenoxy) is 1. The van der Waals surface area contributed by atoms with E-state index in [0.29, 0.717) is 27.9 Å². The van der Waals surface area contributed by atoms with Crippen molar-refractivity contribution in [3.8, 4) is 5.75 Å². The van der Waals surface area contributed by atoms with Crippen molar-refractivity contribution < 1.29 is 9.13 Å². The van der Waals surface area contributed by atoms with Crippen LogP contribution in [0.25, 0.3) is 0 Å². The van der Waals surface area contributed by atoms with Gasteiger partial charge in [0.25, 0.3) is 0 Å². The van der Waals surface area contributed by atoms with Gasteiger partial charge in [0.1, 0.15) is 18.2 Å². The molecule has 0 amide bonds. The van der Waals surface area contributed by atoms with E-state index < -0.39 is 0 Å². The summed E-state index contributed by atoms with van der Waals surface area (Å²) in [5.74, 6) is 0.312. The van der Waals surface area contributed by atoms with Crippen LogP contribution in [0, 0.1) is 5.82 Å². The largest absolute Gasteiger partial charge is 0.488 e. The molecule has 0 unspecified atom stereocenters. The van der Waals surface area contributed by atoms with E-state index in [1.54, 1.807) is 24.4 Å². The van der Waals surface area contributed by atoms with Gasteiger partial charge >= 0.3 is 0 Å². The van der Waals surface area contributed by atoms with Gasteiger partial charge in [0.2, 0.25) is 0 Å². The molecule has 124 valence electrons.